The lowest BCUT2D eigenvalue weighted by molar-refractivity contribution is 0.0955. The molecule has 3 aromatic rings. The van der Waals surface area contributed by atoms with Crippen molar-refractivity contribution in [2.24, 2.45) is 11.0 Å². The van der Waals surface area contributed by atoms with Crippen molar-refractivity contribution in [1.29, 1.82) is 0 Å². The van der Waals surface area contributed by atoms with Gasteiger partial charge in [-0.3, -0.25) is 4.79 Å². The molecule has 0 fully saturated rings. The van der Waals surface area contributed by atoms with Gasteiger partial charge in [0.05, 0.1) is 19.4 Å². The van der Waals surface area contributed by atoms with E-state index in [1.165, 1.54) is 16.8 Å². The zero-order valence-corrected chi connectivity index (χ0v) is 17.9. The highest BCUT2D eigenvalue weighted by Gasteiger charge is 2.37. The van der Waals surface area contributed by atoms with Crippen LogP contribution in [0.3, 0.4) is 0 Å². The monoisotopic (exact) mass is 423 g/mol. The minimum Gasteiger partial charge on any atom is -0.497 e. The highest BCUT2D eigenvalue weighted by atomic mass is 16.5. The summed E-state index contributed by atoms with van der Waals surface area (Å²) in [5.74, 6) is 1.47. The summed E-state index contributed by atoms with van der Waals surface area (Å²) in [6.45, 7) is 0. The van der Waals surface area contributed by atoms with Crippen LogP contribution in [0.25, 0.3) is 0 Å². The first-order valence-corrected chi connectivity index (χ1v) is 10.8. The molecule has 5 nitrogen and oxygen atoms in total. The summed E-state index contributed by atoms with van der Waals surface area (Å²) in [6.07, 6.45) is 7.29. The molecule has 0 saturated heterocycles. The van der Waals surface area contributed by atoms with Gasteiger partial charge in [-0.25, -0.2) is 5.43 Å². The molecule has 32 heavy (non-hydrogen) atoms. The lowest BCUT2D eigenvalue weighted by Gasteiger charge is -2.37. The maximum absolute atomic E-state index is 12.5. The Morgan fingerprint density at radius 3 is 2.62 bits per heavy atom. The molecule has 2 N–H and O–H groups in total. The Kier molecular flexibility index (Phi) is 5.46. The first kappa shape index (κ1) is 20.1. The van der Waals surface area contributed by atoms with Gasteiger partial charge < -0.3 is 10.1 Å². The van der Waals surface area contributed by atoms with E-state index < -0.39 is 0 Å². The Balaban J connectivity index is 1.27. The minimum atomic E-state index is -0.233. The number of methoxy groups -OCH3 is 1. The van der Waals surface area contributed by atoms with Crippen LogP contribution < -0.4 is 15.5 Å². The van der Waals surface area contributed by atoms with Crippen molar-refractivity contribution in [3.05, 3.63) is 107 Å². The van der Waals surface area contributed by atoms with Gasteiger partial charge in [0.2, 0.25) is 0 Å². The van der Waals surface area contributed by atoms with Gasteiger partial charge in [0.15, 0.2) is 0 Å². The number of fused-ring (bicyclic) bond motifs is 3. The summed E-state index contributed by atoms with van der Waals surface area (Å²) < 4.78 is 5.14. The van der Waals surface area contributed by atoms with Crippen LogP contribution in [0.2, 0.25) is 0 Å². The van der Waals surface area contributed by atoms with Crippen LogP contribution in [0.4, 0.5) is 5.69 Å². The fraction of sp³-hybridized carbons (Fsp3) is 0.185. The van der Waals surface area contributed by atoms with Crippen LogP contribution in [0, 0.1) is 5.92 Å². The summed E-state index contributed by atoms with van der Waals surface area (Å²) in [6, 6.07) is 24.0. The molecule has 2 aliphatic rings. The summed E-state index contributed by atoms with van der Waals surface area (Å²) in [7, 11) is 1.63. The Hall–Kier alpha value is -3.86. The summed E-state index contributed by atoms with van der Waals surface area (Å²) in [4.78, 5) is 12.5. The van der Waals surface area contributed by atoms with E-state index in [1.807, 2.05) is 48.5 Å². The number of nitrogens with zero attached hydrogens (tertiary/aromatic N) is 1. The molecule has 1 aliphatic carbocycles. The highest BCUT2D eigenvalue weighted by Crippen LogP contribution is 2.49. The smallest absolute Gasteiger partial charge is 0.271 e. The molecule has 3 aromatic carbocycles. The van der Waals surface area contributed by atoms with Crippen LogP contribution >= 0.6 is 0 Å². The Morgan fingerprint density at radius 1 is 1.06 bits per heavy atom. The SMILES string of the molecule is COc1ccc(/C=N\NC(=O)c2ccc([C@H]3Nc4ccccc4[C@H]4C=CC[C@@H]43)cc2)cc1. The predicted molar refractivity (Wildman–Crippen MR) is 127 cm³/mol. The molecule has 0 unspecified atom stereocenters. The highest BCUT2D eigenvalue weighted by molar-refractivity contribution is 5.94. The number of para-hydroxylation sites is 1. The zero-order chi connectivity index (χ0) is 21.9. The number of benzene rings is 3. The van der Waals surface area contributed by atoms with Gasteiger partial charge in [0, 0.05) is 17.2 Å². The van der Waals surface area contributed by atoms with E-state index in [-0.39, 0.29) is 11.9 Å². The number of carbonyl (C=O) groups excluding carboxylic acids is 1. The van der Waals surface area contributed by atoms with Crippen molar-refractivity contribution in [3.8, 4) is 5.75 Å². The molecule has 0 spiro atoms. The van der Waals surface area contributed by atoms with E-state index in [9.17, 15) is 4.79 Å². The molecular formula is C27H25N3O2. The summed E-state index contributed by atoms with van der Waals surface area (Å²) in [5.41, 5.74) is 7.81. The molecule has 0 radical (unpaired) electrons. The third kappa shape index (κ3) is 3.89. The van der Waals surface area contributed by atoms with Crippen molar-refractivity contribution < 1.29 is 9.53 Å². The number of rotatable bonds is 5. The second-order valence-corrected chi connectivity index (χ2v) is 8.16. The number of nitrogens with one attached hydrogen (secondary N) is 2. The van der Waals surface area contributed by atoms with Crippen molar-refractivity contribution >= 4 is 17.8 Å². The molecule has 1 heterocycles. The Labute approximate surface area is 187 Å². The normalized spacial score (nSPS) is 21.0. The predicted octanol–water partition coefficient (Wildman–Crippen LogP) is 5.29. The number of ether oxygens (including phenoxy) is 1. The third-order valence-electron chi connectivity index (χ3n) is 6.30. The number of carbonyl (C=O) groups is 1. The van der Waals surface area contributed by atoms with Gasteiger partial charge in [-0.2, -0.15) is 5.10 Å². The van der Waals surface area contributed by atoms with Gasteiger partial charge in [0.1, 0.15) is 5.75 Å². The quantitative estimate of drug-likeness (QED) is 0.333. The first-order valence-electron chi connectivity index (χ1n) is 10.8. The van der Waals surface area contributed by atoms with Gasteiger partial charge >= 0.3 is 0 Å². The molecule has 5 rings (SSSR count). The van der Waals surface area contributed by atoms with Crippen LogP contribution in [-0.2, 0) is 0 Å². The topological polar surface area (TPSA) is 62.7 Å². The first-order chi connectivity index (χ1) is 15.7. The molecule has 0 bridgehead atoms. The second-order valence-electron chi connectivity index (χ2n) is 8.16. The average Bonchev–Trinajstić information content (AvgIpc) is 3.34. The average molecular weight is 424 g/mol. The lowest BCUT2D eigenvalue weighted by Crippen LogP contribution is -2.29. The third-order valence-corrected chi connectivity index (χ3v) is 6.30. The molecule has 160 valence electrons. The van der Waals surface area contributed by atoms with Crippen molar-refractivity contribution in [1.82, 2.24) is 5.43 Å². The zero-order valence-electron chi connectivity index (χ0n) is 17.9. The fourth-order valence-electron chi connectivity index (χ4n) is 4.64. The maximum Gasteiger partial charge on any atom is 0.271 e. The summed E-state index contributed by atoms with van der Waals surface area (Å²) in [5, 5.41) is 7.79. The van der Waals surface area contributed by atoms with Crippen molar-refractivity contribution in [3.63, 3.8) is 0 Å². The van der Waals surface area contributed by atoms with Crippen molar-refractivity contribution in [2.75, 3.05) is 12.4 Å². The van der Waals surface area contributed by atoms with Crippen LogP contribution in [0.15, 0.2) is 90.0 Å². The number of hydrogen-bond acceptors (Lipinski definition) is 4. The van der Waals surface area contributed by atoms with Gasteiger partial charge in [0.25, 0.3) is 5.91 Å². The Morgan fingerprint density at radius 2 is 1.84 bits per heavy atom. The molecule has 5 heteroatoms. The van der Waals surface area contributed by atoms with Gasteiger partial charge in [-0.15, -0.1) is 0 Å². The number of amides is 1. The molecule has 0 aromatic heterocycles. The number of anilines is 1. The summed E-state index contributed by atoms with van der Waals surface area (Å²) >= 11 is 0. The molecule has 0 saturated carbocycles. The second kappa shape index (κ2) is 8.71. The van der Waals surface area contributed by atoms with Gasteiger partial charge in [-0.05, 0) is 71.5 Å². The molecule has 3 atom stereocenters. The van der Waals surface area contributed by atoms with Crippen LogP contribution in [-0.4, -0.2) is 19.2 Å². The van der Waals surface area contributed by atoms with E-state index in [0.717, 1.165) is 17.7 Å². The van der Waals surface area contributed by atoms with Crippen LogP contribution in [0.5, 0.6) is 5.75 Å². The number of allylic oxidation sites excluding steroid dienone is 2. The van der Waals surface area contributed by atoms with Gasteiger partial charge in [-0.1, -0.05) is 42.5 Å². The minimum absolute atomic E-state index is 0.218. The van der Waals surface area contributed by atoms with Crippen LogP contribution in [0.1, 0.15) is 45.4 Å². The standard InChI is InChI=1S/C27H25N3O2/c1-32-21-15-9-18(10-16-21)17-28-30-27(31)20-13-11-19(12-14-20)26-24-7-4-6-22(24)23-5-2-3-8-25(23)29-26/h2-6,8-17,22,24,26,29H,7H2,1H3,(H,30,31)/b28-17-/t22-,24+,26-/m1/s1. The van der Waals surface area contributed by atoms with E-state index in [2.05, 4.69) is 52.3 Å². The largest absolute Gasteiger partial charge is 0.497 e. The molecule has 1 aliphatic heterocycles. The number of hydrazone groups is 1. The Bertz CT molecular complexity index is 1170. The van der Waals surface area contributed by atoms with E-state index in [1.54, 1.807) is 13.3 Å². The molecule has 1 amide bonds. The fourth-order valence-corrected chi connectivity index (χ4v) is 4.64. The van der Waals surface area contributed by atoms with E-state index in [0.29, 0.717) is 17.4 Å². The maximum atomic E-state index is 12.5. The molecular weight excluding hydrogens is 398 g/mol. The van der Waals surface area contributed by atoms with E-state index >= 15 is 0 Å². The lowest BCUT2D eigenvalue weighted by atomic mass is 9.77. The van der Waals surface area contributed by atoms with E-state index in [4.69, 9.17) is 4.74 Å². The van der Waals surface area contributed by atoms with Crippen molar-refractivity contribution in [2.45, 2.75) is 18.4 Å². The number of hydrogen-bond donors (Lipinski definition) is 2.